The summed E-state index contributed by atoms with van der Waals surface area (Å²) >= 11 is 0. The first-order chi connectivity index (χ1) is 9.72. The molecular formula is C13H18N2O4S2. The van der Waals surface area contributed by atoms with Gasteiger partial charge in [0.15, 0.2) is 9.84 Å². The smallest absolute Gasteiger partial charge is 0.229 e. The molecule has 1 atom stereocenters. The van der Waals surface area contributed by atoms with Crippen LogP contribution in [0, 0.1) is 0 Å². The summed E-state index contributed by atoms with van der Waals surface area (Å²) in [5.74, 6) is -0.188. The van der Waals surface area contributed by atoms with Crippen LogP contribution in [0.4, 0.5) is 0 Å². The van der Waals surface area contributed by atoms with Crippen LogP contribution in [-0.4, -0.2) is 44.5 Å². The van der Waals surface area contributed by atoms with E-state index in [1.54, 1.807) is 32.0 Å². The number of sulfone groups is 1. The lowest BCUT2D eigenvalue weighted by Crippen LogP contribution is -2.37. The fourth-order valence-corrected chi connectivity index (χ4v) is 5.53. The van der Waals surface area contributed by atoms with Crippen LogP contribution in [0.5, 0.6) is 0 Å². The minimum absolute atomic E-state index is 0.00322. The zero-order valence-corrected chi connectivity index (χ0v) is 13.6. The van der Waals surface area contributed by atoms with Crippen molar-refractivity contribution in [1.29, 1.82) is 0 Å². The Morgan fingerprint density at radius 1 is 1.24 bits per heavy atom. The first-order valence-corrected chi connectivity index (χ1v) is 9.80. The molecule has 1 aromatic rings. The summed E-state index contributed by atoms with van der Waals surface area (Å²) in [6.45, 7) is 3.36. The van der Waals surface area contributed by atoms with Gasteiger partial charge in [0, 0.05) is 5.71 Å². The number of rotatable bonds is 4. The van der Waals surface area contributed by atoms with Crippen molar-refractivity contribution in [2.75, 3.05) is 11.5 Å². The molecule has 1 fully saturated rings. The summed E-state index contributed by atoms with van der Waals surface area (Å²) in [6.07, 6.45) is 0.269. The van der Waals surface area contributed by atoms with Crippen molar-refractivity contribution in [2.24, 2.45) is 5.10 Å². The topological polar surface area (TPSA) is 83.9 Å². The van der Waals surface area contributed by atoms with Gasteiger partial charge in [0.05, 0.1) is 22.4 Å². The Labute approximate surface area is 125 Å². The van der Waals surface area contributed by atoms with Gasteiger partial charge in [0.2, 0.25) is 0 Å². The maximum atomic E-state index is 12.7. The Bertz CT molecular complexity index is 736. The number of hydrogen-bond acceptors (Lipinski definition) is 5. The average molecular weight is 330 g/mol. The summed E-state index contributed by atoms with van der Waals surface area (Å²) in [5.41, 5.74) is 0.554. The van der Waals surface area contributed by atoms with Gasteiger partial charge in [-0.15, -0.1) is 0 Å². The number of sulfonamides is 1. The van der Waals surface area contributed by atoms with Crippen LogP contribution < -0.4 is 0 Å². The third-order valence-corrected chi connectivity index (χ3v) is 6.60. The monoisotopic (exact) mass is 330 g/mol. The number of hydrogen-bond donors (Lipinski definition) is 0. The van der Waals surface area contributed by atoms with E-state index in [1.807, 2.05) is 0 Å². The molecule has 6 nitrogen and oxygen atoms in total. The maximum Gasteiger partial charge on any atom is 0.279 e. The molecule has 0 spiro atoms. The quantitative estimate of drug-likeness (QED) is 0.614. The molecule has 8 heteroatoms. The van der Waals surface area contributed by atoms with Crippen molar-refractivity contribution in [1.82, 2.24) is 4.41 Å². The SMILES string of the molecule is CC(C)=NN([C@H]1CCS(=O)(=O)C1)S(=O)(=O)c1ccccc1. The zero-order valence-electron chi connectivity index (χ0n) is 11.9. The first-order valence-electron chi connectivity index (χ1n) is 6.54. The lowest BCUT2D eigenvalue weighted by atomic mass is 10.3. The van der Waals surface area contributed by atoms with Gasteiger partial charge in [-0.05, 0) is 32.4 Å². The highest BCUT2D eigenvalue weighted by Gasteiger charge is 2.38. The van der Waals surface area contributed by atoms with Gasteiger partial charge in [0.25, 0.3) is 10.0 Å². The van der Waals surface area contributed by atoms with Crippen LogP contribution in [0.25, 0.3) is 0 Å². The van der Waals surface area contributed by atoms with E-state index in [4.69, 9.17) is 0 Å². The Morgan fingerprint density at radius 2 is 1.86 bits per heavy atom. The largest absolute Gasteiger partial charge is 0.279 e. The average Bonchev–Trinajstić information content (AvgIpc) is 2.76. The fourth-order valence-electron chi connectivity index (χ4n) is 2.18. The van der Waals surface area contributed by atoms with Crippen LogP contribution in [0.15, 0.2) is 40.3 Å². The van der Waals surface area contributed by atoms with E-state index in [0.717, 1.165) is 4.41 Å². The van der Waals surface area contributed by atoms with Crippen molar-refractivity contribution in [3.63, 3.8) is 0 Å². The molecule has 0 amide bonds. The van der Waals surface area contributed by atoms with Gasteiger partial charge in [-0.1, -0.05) is 18.2 Å². The van der Waals surface area contributed by atoms with Crippen LogP contribution in [0.1, 0.15) is 20.3 Å². The van der Waals surface area contributed by atoms with Gasteiger partial charge in [0.1, 0.15) is 0 Å². The molecule has 116 valence electrons. The van der Waals surface area contributed by atoms with E-state index in [-0.39, 0.29) is 22.8 Å². The minimum atomic E-state index is -3.85. The van der Waals surface area contributed by atoms with Gasteiger partial charge in [-0.2, -0.15) is 17.9 Å². The van der Waals surface area contributed by atoms with Crippen LogP contribution >= 0.6 is 0 Å². The highest BCUT2D eigenvalue weighted by atomic mass is 32.2. The molecule has 1 aromatic carbocycles. The summed E-state index contributed by atoms with van der Waals surface area (Å²) in [7, 11) is -7.04. The van der Waals surface area contributed by atoms with Crippen LogP contribution in [0.2, 0.25) is 0 Å². The zero-order chi connectivity index (χ0) is 15.7. The van der Waals surface area contributed by atoms with E-state index in [0.29, 0.717) is 5.71 Å². The highest BCUT2D eigenvalue weighted by molar-refractivity contribution is 7.92. The fraction of sp³-hybridized carbons (Fsp3) is 0.462. The van der Waals surface area contributed by atoms with Gasteiger partial charge in [-0.3, -0.25) is 0 Å². The maximum absolute atomic E-state index is 12.7. The van der Waals surface area contributed by atoms with E-state index in [9.17, 15) is 16.8 Å². The number of nitrogens with zero attached hydrogens (tertiary/aromatic N) is 2. The van der Waals surface area contributed by atoms with Crippen molar-refractivity contribution >= 4 is 25.6 Å². The normalized spacial score (nSPS) is 21.0. The molecule has 0 unspecified atom stereocenters. The van der Waals surface area contributed by atoms with Crippen molar-refractivity contribution in [3.05, 3.63) is 30.3 Å². The molecule has 0 radical (unpaired) electrons. The molecule has 0 aliphatic carbocycles. The lowest BCUT2D eigenvalue weighted by molar-refractivity contribution is 0.355. The summed E-state index contributed by atoms with van der Waals surface area (Å²) in [5, 5.41) is 4.07. The van der Waals surface area contributed by atoms with Gasteiger partial charge >= 0.3 is 0 Å². The second-order valence-corrected chi connectivity index (χ2v) is 9.22. The predicted molar refractivity (Wildman–Crippen MR) is 81.3 cm³/mol. The standard InChI is InChI=1S/C13H18N2O4S2/c1-11(2)14-15(12-8-9-20(16,17)10-12)21(18,19)13-6-4-3-5-7-13/h3-7,12H,8-10H2,1-2H3/t12-/m0/s1. The molecule has 1 heterocycles. The Balaban J connectivity index is 2.45. The molecule has 1 aliphatic rings. The van der Waals surface area contributed by atoms with Crippen molar-refractivity contribution in [2.45, 2.75) is 31.2 Å². The molecular weight excluding hydrogens is 312 g/mol. The molecule has 0 bridgehead atoms. The van der Waals surface area contributed by atoms with E-state index in [1.165, 1.54) is 12.1 Å². The second kappa shape index (κ2) is 5.76. The summed E-state index contributed by atoms with van der Waals surface area (Å²) in [6, 6.07) is 7.28. The molecule has 0 aromatic heterocycles. The van der Waals surface area contributed by atoms with Crippen molar-refractivity contribution < 1.29 is 16.8 Å². The molecule has 0 saturated carbocycles. The minimum Gasteiger partial charge on any atom is -0.229 e. The second-order valence-electron chi connectivity index (χ2n) is 5.19. The molecule has 0 N–H and O–H groups in total. The van der Waals surface area contributed by atoms with Crippen LogP contribution in [-0.2, 0) is 19.9 Å². The third kappa shape index (κ3) is 3.62. The number of benzene rings is 1. The molecule has 2 rings (SSSR count). The van der Waals surface area contributed by atoms with E-state index >= 15 is 0 Å². The van der Waals surface area contributed by atoms with E-state index < -0.39 is 25.9 Å². The lowest BCUT2D eigenvalue weighted by Gasteiger charge is -2.25. The predicted octanol–water partition coefficient (Wildman–Crippen LogP) is 1.26. The number of hydrazone groups is 1. The van der Waals surface area contributed by atoms with Gasteiger partial charge < -0.3 is 0 Å². The highest BCUT2D eigenvalue weighted by Crippen LogP contribution is 2.25. The Hall–Kier alpha value is -1.41. The summed E-state index contributed by atoms with van der Waals surface area (Å²) < 4.78 is 49.6. The molecule has 1 aliphatic heterocycles. The third-order valence-electron chi connectivity index (χ3n) is 3.11. The Kier molecular flexibility index (Phi) is 4.38. The Morgan fingerprint density at radius 3 is 2.33 bits per heavy atom. The summed E-state index contributed by atoms with van der Waals surface area (Å²) in [4.78, 5) is 0.110. The van der Waals surface area contributed by atoms with E-state index in [2.05, 4.69) is 5.10 Å². The van der Waals surface area contributed by atoms with Crippen molar-refractivity contribution in [3.8, 4) is 0 Å². The molecule has 1 saturated heterocycles. The van der Waals surface area contributed by atoms with Crippen LogP contribution in [0.3, 0.4) is 0 Å². The molecule has 21 heavy (non-hydrogen) atoms. The first kappa shape index (κ1) is 16.0. The van der Waals surface area contributed by atoms with Gasteiger partial charge in [-0.25, -0.2) is 8.42 Å².